The van der Waals surface area contributed by atoms with E-state index in [1.165, 1.54) is 22.3 Å². The van der Waals surface area contributed by atoms with Crippen LogP contribution in [0, 0.1) is 6.92 Å². The first-order valence-corrected chi connectivity index (χ1v) is 7.77. The third kappa shape index (κ3) is 2.27. The first-order chi connectivity index (χ1) is 11.3. The van der Waals surface area contributed by atoms with E-state index < -0.39 is 0 Å². The number of rotatable bonds is 2. The quantitative estimate of drug-likeness (QED) is 0.651. The second kappa shape index (κ2) is 5.47. The molecule has 0 saturated carbocycles. The molecule has 0 saturated heterocycles. The van der Waals surface area contributed by atoms with E-state index in [2.05, 4.69) is 49.4 Å². The Bertz CT molecular complexity index is 867. The molecule has 114 valence electrons. The van der Waals surface area contributed by atoms with Crippen LogP contribution in [0.25, 0.3) is 11.1 Å². The van der Waals surface area contributed by atoms with E-state index in [0.717, 1.165) is 17.1 Å². The van der Waals surface area contributed by atoms with Crippen molar-refractivity contribution in [2.45, 2.75) is 13.0 Å². The number of aryl methyl sites for hydroxylation is 1. The van der Waals surface area contributed by atoms with Crippen molar-refractivity contribution in [3.05, 3.63) is 83.4 Å². The zero-order valence-electron chi connectivity index (χ0n) is 13.2. The molecule has 23 heavy (non-hydrogen) atoms. The van der Waals surface area contributed by atoms with E-state index in [0.29, 0.717) is 0 Å². The normalized spacial score (nSPS) is 15.3. The fourth-order valence-corrected chi connectivity index (χ4v) is 3.22. The molecular weight excluding hydrogens is 284 g/mol. The summed E-state index contributed by atoms with van der Waals surface area (Å²) < 4.78 is 11.8. The number of hydrogen-bond donors (Lipinski definition) is 0. The van der Waals surface area contributed by atoms with Crippen LogP contribution in [0.2, 0.25) is 0 Å². The molecule has 1 heterocycles. The summed E-state index contributed by atoms with van der Waals surface area (Å²) in [6, 6.07) is 22.8. The lowest BCUT2D eigenvalue weighted by molar-refractivity contribution is 0.242. The van der Waals surface area contributed by atoms with Crippen LogP contribution in [0.1, 0.15) is 22.8 Å². The van der Waals surface area contributed by atoms with Crippen molar-refractivity contribution >= 4 is 0 Å². The highest BCUT2D eigenvalue weighted by Gasteiger charge is 2.28. The Morgan fingerprint density at radius 1 is 0.826 bits per heavy atom. The topological polar surface area (TPSA) is 18.5 Å². The average Bonchev–Trinajstić information content (AvgIpc) is 2.61. The van der Waals surface area contributed by atoms with Gasteiger partial charge in [-0.05, 0) is 41.8 Å². The highest BCUT2D eigenvalue weighted by Crippen LogP contribution is 2.46. The molecular formula is C21H18O2. The minimum Gasteiger partial charge on any atom is -0.497 e. The van der Waals surface area contributed by atoms with Crippen LogP contribution in [0.4, 0.5) is 0 Å². The Balaban J connectivity index is 1.95. The maximum absolute atomic E-state index is 6.36. The Kier molecular flexibility index (Phi) is 3.30. The van der Waals surface area contributed by atoms with Gasteiger partial charge in [0.25, 0.3) is 0 Å². The summed E-state index contributed by atoms with van der Waals surface area (Å²) in [7, 11) is 1.70. The fraction of sp³-hybridized carbons (Fsp3) is 0.143. The highest BCUT2D eigenvalue weighted by atomic mass is 16.5. The van der Waals surface area contributed by atoms with Crippen LogP contribution in [-0.4, -0.2) is 7.11 Å². The van der Waals surface area contributed by atoms with Crippen LogP contribution >= 0.6 is 0 Å². The third-order valence-corrected chi connectivity index (χ3v) is 4.44. The van der Waals surface area contributed by atoms with Crippen molar-refractivity contribution in [3.63, 3.8) is 0 Å². The smallest absolute Gasteiger partial charge is 0.150 e. The number of fused-ring (bicyclic) bond motifs is 3. The van der Waals surface area contributed by atoms with Crippen LogP contribution in [0.5, 0.6) is 11.5 Å². The minimum atomic E-state index is -0.0907. The first-order valence-electron chi connectivity index (χ1n) is 7.77. The van der Waals surface area contributed by atoms with Crippen molar-refractivity contribution in [2.24, 2.45) is 0 Å². The van der Waals surface area contributed by atoms with Crippen molar-refractivity contribution in [2.75, 3.05) is 7.11 Å². The summed E-state index contributed by atoms with van der Waals surface area (Å²) in [5.74, 6) is 1.78. The number of para-hydroxylation sites is 1. The van der Waals surface area contributed by atoms with Gasteiger partial charge in [0.05, 0.1) is 7.11 Å². The lowest BCUT2D eigenvalue weighted by Crippen LogP contribution is -2.16. The van der Waals surface area contributed by atoms with E-state index in [9.17, 15) is 0 Å². The summed E-state index contributed by atoms with van der Waals surface area (Å²) in [6.45, 7) is 2.13. The van der Waals surface area contributed by atoms with Gasteiger partial charge in [0.1, 0.15) is 17.6 Å². The number of ether oxygens (including phenoxy) is 2. The lowest BCUT2D eigenvalue weighted by Gasteiger charge is -2.30. The maximum Gasteiger partial charge on any atom is 0.150 e. The van der Waals surface area contributed by atoms with Gasteiger partial charge in [0.2, 0.25) is 0 Å². The molecule has 2 heteroatoms. The molecule has 1 unspecified atom stereocenters. The van der Waals surface area contributed by atoms with Crippen molar-refractivity contribution in [3.8, 4) is 22.6 Å². The summed E-state index contributed by atoms with van der Waals surface area (Å²) in [6.07, 6.45) is -0.0907. The summed E-state index contributed by atoms with van der Waals surface area (Å²) >= 11 is 0. The molecule has 0 aliphatic carbocycles. The van der Waals surface area contributed by atoms with Gasteiger partial charge >= 0.3 is 0 Å². The van der Waals surface area contributed by atoms with Crippen LogP contribution in [0.3, 0.4) is 0 Å². The maximum atomic E-state index is 6.36. The van der Waals surface area contributed by atoms with E-state index in [-0.39, 0.29) is 6.10 Å². The Labute approximate surface area is 136 Å². The molecule has 4 rings (SSSR count). The zero-order chi connectivity index (χ0) is 15.8. The van der Waals surface area contributed by atoms with Crippen LogP contribution < -0.4 is 9.47 Å². The first kappa shape index (κ1) is 13.9. The van der Waals surface area contributed by atoms with Gasteiger partial charge in [-0.3, -0.25) is 0 Å². The number of benzene rings is 3. The molecule has 2 nitrogen and oxygen atoms in total. The molecule has 3 aromatic carbocycles. The standard InChI is InChI=1S/C21H18O2/c1-14-7-3-4-8-16(14)21-18-12-11-15(22-2)13-19(18)17-9-5-6-10-20(17)23-21/h3-13,21H,1-2H3. The van der Waals surface area contributed by atoms with E-state index in [1.807, 2.05) is 24.3 Å². The van der Waals surface area contributed by atoms with Gasteiger partial charge in [-0.25, -0.2) is 0 Å². The monoisotopic (exact) mass is 302 g/mol. The fourth-order valence-electron chi connectivity index (χ4n) is 3.22. The van der Waals surface area contributed by atoms with Gasteiger partial charge in [0, 0.05) is 11.1 Å². The van der Waals surface area contributed by atoms with E-state index in [4.69, 9.17) is 9.47 Å². The molecule has 1 aliphatic heterocycles. The van der Waals surface area contributed by atoms with Crippen LogP contribution in [-0.2, 0) is 0 Å². The molecule has 3 aromatic rings. The molecule has 0 bridgehead atoms. The predicted molar refractivity (Wildman–Crippen MR) is 92.1 cm³/mol. The number of methoxy groups -OCH3 is 1. The molecule has 0 spiro atoms. The summed E-state index contributed by atoms with van der Waals surface area (Å²) in [5.41, 5.74) is 5.91. The largest absolute Gasteiger partial charge is 0.497 e. The lowest BCUT2D eigenvalue weighted by atomic mass is 9.88. The zero-order valence-corrected chi connectivity index (χ0v) is 13.2. The Morgan fingerprint density at radius 2 is 1.61 bits per heavy atom. The van der Waals surface area contributed by atoms with Crippen molar-refractivity contribution in [1.29, 1.82) is 0 Å². The average molecular weight is 302 g/mol. The molecule has 0 fully saturated rings. The molecule has 1 aliphatic rings. The van der Waals surface area contributed by atoms with Crippen molar-refractivity contribution < 1.29 is 9.47 Å². The Morgan fingerprint density at radius 3 is 2.43 bits per heavy atom. The van der Waals surface area contributed by atoms with Crippen molar-refractivity contribution in [1.82, 2.24) is 0 Å². The number of hydrogen-bond acceptors (Lipinski definition) is 2. The predicted octanol–water partition coefficient (Wildman–Crippen LogP) is 5.15. The van der Waals surface area contributed by atoms with Crippen LogP contribution in [0.15, 0.2) is 66.7 Å². The minimum absolute atomic E-state index is 0.0907. The third-order valence-electron chi connectivity index (χ3n) is 4.44. The van der Waals surface area contributed by atoms with Gasteiger partial charge in [-0.1, -0.05) is 48.5 Å². The van der Waals surface area contributed by atoms with Gasteiger partial charge in [0.15, 0.2) is 0 Å². The van der Waals surface area contributed by atoms with Gasteiger partial charge in [-0.2, -0.15) is 0 Å². The van der Waals surface area contributed by atoms with Gasteiger partial charge in [-0.15, -0.1) is 0 Å². The SMILES string of the molecule is COc1ccc2c(c1)-c1ccccc1OC2c1ccccc1C. The molecule has 0 amide bonds. The molecule has 0 N–H and O–H groups in total. The van der Waals surface area contributed by atoms with E-state index >= 15 is 0 Å². The Hall–Kier alpha value is -2.74. The second-order valence-electron chi connectivity index (χ2n) is 5.80. The molecule has 0 aromatic heterocycles. The molecule has 0 radical (unpaired) electrons. The van der Waals surface area contributed by atoms with E-state index in [1.54, 1.807) is 7.11 Å². The summed E-state index contributed by atoms with van der Waals surface area (Å²) in [5, 5.41) is 0. The highest BCUT2D eigenvalue weighted by molar-refractivity contribution is 5.77. The second-order valence-corrected chi connectivity index (χ2v) is 5.80. The summed E-state index contributed by atoms with van der Waals surface area (Å²) in [4.78, 5) is 0. The van der Waals surface area contributed by atoms with Gasteiger partial charge < -0.3 is 9.47 Å². The molecule has 1 atom stereocenters.